The summed E-state index contributed by atoms with van der Waals surface area (Å²) < 4.78 is 17.1. The van der Waals surface area contributed by atoms with E-state index >= 15 is 0 Å². The Labute approximate surface area is 181 Å². The van der Waals surface area contributed by atoms with Crippen molar-refractivity contribution >= 4 is 40.1 Å². The van der Waals surface area contributed by atoms with Gasteiger partial charge in [0, 0.05) is 11.6 Å². The fourth-order valence-electron chi connectivity index (χ4n) is 3.33. The molecule has 1 aliphatic carbocycles. The molecule has 0 aliphatic heterocycles. The second-order valence-corrected chi connectivity index (χ2v) is 7.89. The molecular formula is C22H18Cl2O6. The Morgan fingerprint density at radius 2 is 1.77 bits per heavy atom. The molecule has 156 valence electrons. The van der Waals surface area contributed by atoms with Crippen molar-refractivity contribution in [3.63, 3.8) is 0 Å². The molecule has 30 heavy (non-hydrogen) atoms. The van der Waals surface area contributed by atoms with Crippen molar-refractivity contribution < 1.29 is 23.8 Å². The van der Waals surface area contributed by atoms with Crippen LogP contribution in [-0.2, 0) is 9.53 Å². The van der Waals surface area contributed by atoms with Gasteiger partial charge in [-0.3, -0.25) is 9.59 Å². The summed E-state index contributed by atoms with van der Waals surface area (Å²) in [4.78, 5) is 23.2. The van der Waals surface area contributed by atoms with Crippen LogP contribution in [0.4, 0.5) is 0 Å². The first-order valence-electron chi connectivity index (χ1n) is 9.42. The summed E-state index contributed by atoms with van der Waals surface area (Å²) in [5, 5.41) is 9.72. The lowest BCUT2D eigenvalue weighted by Crippen LogP contribution is -2.36. The van der Waals surface area contributed by atoms with Gasteiger partial charge in [-0.15, -0.1) is 0 Å². The van der Waals surface area contributed by atoms with Gasteiger partial charge in [-0.25, -0.2) is 0 Å². The lowest BCUT2D eigenvalue weighted by molar-refractivity contribution is -0.151. The molecule has 8 heteroatoms. The Balaban J connectivity index is 1.37. The number of hydrogen-bond acceptors (Lipinski definition) is 5. The highest BCUT2D eigenvalue weighted by molar-refractivity contribution is 6.39. The highest BCUT2D eigenvalue weighted by Crippen LogP contribution is 2.32. The van der Waals surface area contributed by atoms with Gasteiger partial charge in [0.1, 0.15) is 18.1 Å². The maximum atomic E-state index is 12.5. The lowest BCUT2D eigenvalue weighted by atomic mass is 9.82. The second-order valence-electron chi connectivity index (χ2n) is 7.08. The number of aliphatic carboxylic acids is 1. The van der Waals surface area contributed by atoms with E-state index in [1.165, 1.54) is 6.07 Å². The lowest BCUT2D eigenvalue weighted by Gasteiger charge is -2.31. The monoisotopic (exact) mass is 448 g/mol. The third-order valence-electron chi connectivity index (χ3n) is 5.07. The summed E-state index contributed by atoms with van der Waals surface area (Å²) in [7, 11) is 0. The van der Waals surface area contributed by atoms with Crippen LogP contribution in [0.3, 0.4) is 0 Å². The number of carboxylic acid groups (broad SMARTS) is 1. The van der Waals surface area contributed by atoms with Crippen LogP contribution >= 0.6 is 23.2 Å². The highest BCUT2D eigenvalue weighted by atomic mass is 35.5. The topological polar surface area (TPSA) is 86.0 Å². The van der Waals surface area contributed by atoms with Crippen LogP contribution in [0, 0.1) is 5.92 Å². The van der Waals surface area contributed by atoms with Crippen LogP contribution in [0.25, 0.3) is 22.3 Å². The van der Waals surface area contributed by atoms with Crippen LogP contribution < -0.4 is 10.2 Å². The van der Waals surface area contributed by atoms with Gasteiger partial charge in [0.15, 0.2) is 11.0 Å². The smallest absolute Gasteiger partial charge is 0.306 e. The summed E-state index contributed by atoms with van der Waals surface area (Å²) in [6.45, 7) is 0.740. The minimum atomic E-state index is -0.765. The van der Waals surface area contributed by atoms with E-state index in [9.17, 15) is 9.59 Å². The molecule has 0 amide bonds. The minimum absolute atomic E-state index is 0.00629. The third-order valence-corrected chi connectivity index (χ3v) is 5.68. The largest absolute Gasteiger partial charge is 0.491 e. The van der Waals surface area contributed by atoms with Crippen LogP contribution in [0.2, 0.25) is 10.0 Å². The van der Waals surface area contributed by atoms with Gasteiger partial charge in [0.2, 0.25) is 0 Å². The quantitative estimate of drug-likeness (QED) is 0.510. The highest BCUT2D eigenvalue weighted by Gasteiger charge is 2.34. The van der Waals surface area contributed by atoms with Crippen molar-refractivity contribution in [1.82, 2.24) is 0 Å². The Hall–Kier alpha value is -2.54. The zero-order chi connectivity index (χ0) is 21.3. The van der Waals surface area contributed by atoms with Gasteiger partial charge in [0.05, 0.1) is 34.1 Å². The molecule has 1 fully saturated rings. The van der Waals surface area contributed by atoms with E-state index in [1.54, 1.807) is 36.4 Å². The molecule has 1 heterocycles. The maximum Gasteiger partial charge on any atom is 0.306 e. The van der Waals surface area contributed by atoms with E-state index < -0.39 is 5.97 Å². The fourth-order valence-corrected chi connectivity index (χ4v) is 3.77. The van der Waals surface area contributed by atoms with Crippen molar-refractivity contribution in [2.75, 3.05) is 13.2 Å². The van der Waals surface area contributed by atoms with Crippen molar-refractivity contribution in [2.24, 2.45) is 5.92 Å². The molecule has 4 rings (SSSR count). The van der Waals surface area contributed by atoms with Gasteiger partial charge in [-0.05, 0) is 49.2 Å². The van der Waals surface area contributed by atoms with Gasteiger partial charge in [0.25, 0.3) is 0 Å². The fraction of sp³-hybridized carbons (Fsp3) is 0.273. The predicted octanol–water partition coefficient (Wildman–Crippen LogP) is 5.03. The second kappa shape index (κ2) is 8.68. The first-order chi connectivity index (χ1) is 14.4. The normalized spacial score (nSPS) is 18.2. The number of hydrogen-bond donors (Lipinski definition) is 1. The molecular weight excluding hydrogens is 431 g/mol. The minimum Gasteiger partial charge on any atom is -0.491 e. The number of ether oxygens (including phenoxy) is 2. The van der Waals surface area contributed by atoms with Crippen LogP contribution in [0.15, 0.2) is 51.7 Å². The molecule has 0 saturated heterocycles. The Morgan fingerprint density at radius 1 is 1.07 bits per heavy atom. The first kappa shape index (κ1) is 20.7. The van der Waals surface area contributed by atoms with E-state index in [-0.39, 0.29) is 28.4 Å². The molecule has 6 nitrogen and oxygen atoms in total. The van der Waals surface area contributed by atoms with E-state index in [4.69, 9.17) is 42.2 Å². The Kier molecular flexibility index (Phi) is 5.99. The molecule has 0 spiro atoms. The average Bonchev–Trinajstić information content (AvgIpc) is 2.69. The van der Waals surface area contributed by atoms with Gasteiger partial charge in [-0.2, -0.15) is 0 Å². The number of carbonyl (C=O) groups is 1. The molecule has 0 bridgehead atoms. The van der Waals surface area contributed by atoms with Crippen molar-refractivity contribution in [3.05, 3.63) is 62.7 Å². The molecule has 1 aromatic heterocycles. The number of halogens is 2. The number of carboxylic acids is 1. The van der Waals surface area contributed by atoms with Crippen molar-refractivity contribution in [2.45, 2.75) is 18.9 Å². The zero-order valence-corrected chi connectivity index (χ0v) is 17.3. The van der Waals surface area contributed by atoms with Crippen LogP contribution in [-0.4, -0.2) is 30.4 Å². The zero-order valence-electron chi connectivity index (χ0n) is 15.8. The molecule has 0 atom stereocenters. The van der Waals surface area contributed by atoms with E-state index in [1.807, 2.05) is 0 Å². The number of benzene rings is 2. The van der Waals surface area contributed by atoms with Crippen LogP contribution in [0.5, 0.6) is 5.75 Å². The molecule has 0 radical (unpaired) electrons. The summed E-state index contributed by atoms with van der Waals surface area (Å²) in [6.07, 6.45) is 1.10. The first-order valence-corrected chi connectivity index (χ1v) is 10.2. The van der Waals surface area contributed by atoms with Gasteiger partial charge in [-0.1, -0.05) is 23.2 Å². The average molecular weight is 449 g/mol. The SMILES string of the molecule is O=C(O)C1CC(OCCOc2ccc(-c3cc(=O)c4c(Cl)ccc(Cl)c4o3)cc2)C1. The molecule has 1 saturated carbocycles. The number of fused-ring (bicyclic) bond motifs is 1. The standard InChI is InChI=1S/C22H18Cl2O6/c23-16-5-6-17(24)21-20(16)18(25)11-19(30-21)12-1-3-14(4-2-12)28-7-8-29-15-9-13(10-15)22(26)27/h1-6,11,13,15H,7-10H2,(H,26,27). The van der Waals surface area contributed by atoms with E-state index in [2.05, 4.69) is 0 Å². The number of rotatable bonds is 7. The van der Waals surface area contributed by atoms with Crippen molar-refractivity contribution in [3.8, 4) is 17.1 Å². The summed E-state index contributed by atoms with van der Waals surface area (Å²) in [5.74, 6) is -0.0311. The van der Waals surface area contributed by atoms with Crippen molar-refractivity contribution in [1.29, 1.82) is 0 Å². The summed E-state index contributed by atoms with van der Waals surface area (Å²) in [5.41, 5.74) is 0.686. The summed E-state index contributed by atoms with van der Waals surface area (Å²) >= 11 is 12.3. The predicted molar refractivity (Wildman–Crippen MR) is 114 cm³/mol. The van der Waals surface area contributed by atoms with Gasteiger partial charge < -0.3 is 19.0 Å². The molecule has 1 N–H and O–H groups in total. The molecule has 1 aliphatic rings. The third kappa shape index (κ3) is 4.31. The molecule has 2 aromatic carbocycles. The van der Waals surface area contributed by atoms with E-state index in [0.717, 1.165) is 0 Å². The summed E-state index contributed by atoms with van der Waals surface area (Å²) in [6, 6.07) is 11.6. The molecule has 0 unspecified atom stereocenters. The van der Waals surface area contributed by atoms with Crippen LogP contribution in [0.1, 0.15) is 12.8 Å². The molecule has 3 aromatic rings. The van der Waals surface area contributed by atoms with E-state index in [0.29, 0.717) is 53.2 Å². The maximum absolute atomic E-state index is 12.5. The Bertz CT molecular complexity index is 1130. The van der Waals surface area contributed by atoms with Gasteiger partial charge >= 0.3 is 5.97 Å². The Morgan fingerprint density at radius 3 is 2.47 bits per heavy atom.